The molecule has 1 aromatic heterocycles. The first kappa shape index (κ1) is 24.7. The highest BCUT2D eigenvalue weighted by molar-refractivity contribution is 5.96. The van der Waals surface area contributed by atoms with Gasteiger partial charge < -0.3 is 19.9 Å². The van der Waals surface area contributed by atoms with Crippen LogP contribution in [0.1, 0.15) is 36.1 Å². The van der Waals surface area contributed by atoms with E-state index in [9.17, 15) is 14.4 Å². The molecule has 186 valence electrons. The zero-order chi connectivity index (χ0) is 24.8. The summed E-state index contributed by atoms with van der Waals surface area (Å²) in [5.74, 6) is -0.734. The van der Waals surface area contributed by atoms with Crippen LogP contribution in [0.15, 0.2) is 42.7 Å². The molecule has 3 heterocycles. The second-order valence-corrected chi connectivity index (χ2v) is 9.03. The normalized spacial score (nSPS) is 17.0. The maximum Gasteiger partial charge on any atom is 0.325 e. The van der Waals surface area contributed by atoms with Crippen molar-refractivity contribution in [3.63, 3.8) is 0 Å². The molecular formula is C26H33N5O4. The number of carbonyl (C=O) groups excluding carboxylic acids is 3. The average molecular weight is 480 g/mol. The number of urea groups is 1. The lowest BCUT2D eigenvalue weighted by Gasteiger charge is -2.22. The fraction of sp³-hybridized carbons (Fsp3) is 0.462. The molecule has 1 saturated heterocycles. The van der Waals surface area contributed by atoms with Gasteiger partial charge in [0.2, 0.25) is 5.91 Å². The Morgan fingerprint density at radius 1 is 1.11 bits per heavy atom. The standard InChI is InChI=1S/C26H33N5O4/c1-3-35-25(33)16-23(21-5-4-10-27-17-21)28-24(32)18-30-13-14-31(26(30)34)22-7-6-19-8-11-29(2)12-9-20(19)15-22/h4-7,10,15,17,23H,3,8-9,11-14,16,18H2,1-2H3,(H,28,32). The third-order valence-electron chi connectivity index (χ3n) is 6.55. The molecule has 35 heavy (non-hydrogen) atoms. The van der Waals surface area contributed by atoms with E-state index in [1.807, 2.05) is 6.07 Å². The highest BCUT2D eigenvalue weighted by atomic mass is 16.5. The van der Waals surface area contributed by atoms with E-state index >= 15 is 0 Å². The number of ether oxygens (including phenoxy) is 1. The van der Waals surface area contributed by atoms with E-state index in [0.29, 0.717) is 18.7 Å². The van der Waals surface area contributed by atoms with Crippen LogP contribution >= 0.6 is 0 Å². The van der Waals surface area contributed by atoms with Crippen molar-refractivity contribution in [2.24, 2.45) is 0 Å². The Morgan fingerprint density at radius 2 is 1.91 bits per heavy atom. The number of benzene rings is 1. The number of aromatic nitrogens is 1. The number of pyridine rings is 1. The van der Waals surface area contributed by atoms with Gasteiger partial charge >= 0.3 is 12.0 Å². The van der Waals surface area contributed by atoms with Crippen molar-refractivity contribution in [3.8, 4) is 0 Å². The number of esters is 1. The molecule has 9 heteroatoms. The molecule has 3 amide bonds. The predicted octanol–water partition coefficient (Wildman–Crippen LogP) is 2.16. The van der Waals surface area contributed by atoms with Crippen molar-refractivity contribution >= 4 is 23.6 Å². The quantitative estimate of drug-likeness (QED) is 0.583. The minimum atomic E-state index is -0.577. The van der Waals surface area contributed by atoms with E-state index in [1.165, 1.54) is 11.1 Å². The van der Waals surface area contributed by atoms with Crippen molar-refractivity contribution in [3.05, 3.63) is 59.4 Å². The zero-order valence-corrected chi connectivity index (χ0v) is 20.4. The SMILES string of the molecule is CCOC(=O)CC(NC(=O)CN1CCN(c2ccc3c(c2)CCN(C)CC3)C1=O)c1cccnc1. The molecule has 4 rings (SSSR count). The predicted molar refractivity (Wildman–Crippen MR) is 132 cm³/mol. The summed E-state index contributed by atoms with van der Waals surface area (Å²) >= 11 is 0. The topological polar surface area (TPSA) is 95.1 Å². The molecule has 1 atom stereocenters. The molecule has 0 spiro atoms. The third-order valence-corrected chi connectivity index (χ3v) is 6.55. The molecule has 0 bridgehead atoms. The first-order chi connectivity index (χ1) is 16.9. The summed E-state index contributed by atoms with van der Waals surface area (Å²) in [6.45, 7) is 4.95. The van der Waals surface area contributed by atoms with Gasteiger partial charge in [0.15, 0.2) is 0 Å². The van der Waals surface area contributed by atoms with Crippen LogP contribution in [0.25, 0.3) is 0 Å². The lowest BCUT2D eigenvalue weighted by molar-refractivity contribution is -0.143. The first-order valence-corrected chi connectivity index (χ1v) is 12.2. The van der Waals surface area contributed by atoms with Crippen LogP contribution in [0.2, 0.25) is 0 Å². The molecule has 0 aliphatic carbocycles. The van der Waals surface area contributed by atoms with Crippen LogP contribution in [-0.4, -0.2) is 79.1 Å². The van der Waals surface area contributed by atoms with Crippen molar-refractivity contribution in [1.82, 2.24) is 20.1 Å². The number of fused-ring (bicyclic) bond motifs is 1. The van der Waals surface area contributed by atoms with E-state index < -0.39 is 12.0 Å². The molecule has 1 aromatic carbocycles. The fourth-order valence-electron chi connectivity index (χ4n) is 4.59. The Morgan fingerprint density at radius 3 is 2.66 bits per heavy atom. The van der Waals surface area contributed by atoms with Gasteiger partial charge in [0.05, 0.1) is 19.1 Å². The van der Waals surface area contributed by atoms with Gasteiger partial charge in [-0.3, -0.25) is 19.5 Å². The molecule has 0 saturated carbocycles. The largest absolute Gasteiger partial charge is 0.466 e. The summed E-state index contributed by atoms with van der Waals surface area (Å²) < 4.78 is 5.06. The van der Waals surface area contributed by atoms with Gasteiger partial charge in [-0.15, -0.1) is 0 Å². The van der Waals surface area contributed by atoms with Gasteiger partial charge in [0, 0.05) is 44.3 Å². The Labute approximate surface area is 206 Å². The van der Waals surface area contributed by atoms with E-state index in [-0.39, 0.29) is 31.5 Å². The molecule has 2 aliphatic rings. The number of nitrogens with one attached hydrogen (secondary N) is 1. The summed E-state index contributed by atoms with van der Waals surface area (Å²) in [7, 11) is 2.13. The van der Waals surface area contributed by atoms with E-state index in [1.54, 1.807) is 41.2 Å². The van der Waals surface area contributed by atoms with Crippen LogP contribution in [0.3, 0.4) is 0 Å². The van der Waals surface area contributed by atoms with Crippen LogP contribution in [0.5, 0.6) is 0 Å². The number of hydrogen-bond donors (Lipinski definition) is 1. The summed E-state index contributed by atoms with van der Waals surface area (Å²) in [4.78, 5) is 47.8. The molecular weight excluding hydrogens is 446 g/mol. The lowest BCUT2D eigenvalue weighted by Crippen LogP contribution is -2.41. The third kappa shape index (κ3) is 6.16. The number of anilines is 1. The van der Waals surface area contributed by atoms with Crippen molar-refractivity contribution in [1.29, 1.82) is 0 Å². The maximum atomic E-state index is 13.1. The van der Waals surface area contributed by atoms with E-state index in [4.69, 9.17) is 4.74 Å². The fourth-order valence-corrected chi connectivity index (χ4v) is 4.59. The molecule has 0 radical (unpaired) electrons. The van der Waals surface area contributed by atoms with Crippen molar-refractivity contribution in [2.75, 3.05) is 51.3 Å². The number of amides is 3. The van der Waals surface area contributed by atoms with Gasteiger partial charge in [-0.05, 0) is 61.7 Å². The Bertz CT molecular complexity index is 1060. The van der Waals surface area contributed by atoms with Gasteiger partial charge in [-0.25, -0.2) is 4.79 Å². The summed E-state index contributed by atoms with van der Waals surface area (Å²) in [5, 5.41) is 2.88. The summed E-state index contributed by atoms with van der Waals surface area (Å²) in [5.41, 5.74) is 4.20. The van der Waals surface area contributed by atoms with Gasteiger partial charge in [0.1, 0.15) is 6.54 Å². The monoisotopic (exact) mass is 479 g/mol. The molecule has 9 nitrogen and oxygen atoms in total. The van der Waals surface area contributed by atoms with Gasteiger partial charge in [-0.1, -0.05) is 12.1 Å². The number of hydrogen-bond acceptors (Lipinski definition) is 6. The molecule has 2 aromatic rings. The van der Waals surface area contributed by atoms with Crippen molar-refractivity contribution < 1.29 is 19.1 Å². The Hall–Kier alpha value is -3.46. The van der Waals surface area contributed by atoms with E-state index in [0.717, 1.165) is 31.6 Å². The smallest absolute Gasteiger partial charge is 0.325 e. The second-order valence-electron chi connectivity index (χ2n) is 9.03. The van der Waals surface area contributed by atoms with Gasteiger partial charge in [0.25, 0.3) is 0 Å². The number of rotatable bonds is 8. The highest BCUT2D eigenvalue weighted by Crippen LogP contribution is 2.26. The minimum absolute atomic E-state index is 0.00431. The van der Waals surface area contributed by atoms with Crippen LogP contribution < -0.4 is 10.2 Å². The molecule has 1 unspecified atom stereocenters. The second kappa shape index (κ2) is 11.3. The Balaban J connectivity index is 1.39. The summed E-state index contributed by atoms with van der Waals surface area (Å²) in [6.07, 6.45) is 5.21. The number of carbonyl (C=O) groups is 3. The molecule has 1 fully saturated rings. The average Bonchev–Trinajstić information content (AvgIpc) is 3.10. The zero-order valence-electron chi connectivity index (χ0n) is 20.4. The number of nitrogens with zero attached hydrogens (tertiary/aromatic N) is 4. The molecule has 2 aliphatic heterocycles. The van der Waals surface area contributed by atoms with Crippen LogP contribution in [-0.2, 0) is 27.2 Å². The van der Waals surface area contributed by atoms with Crippen LogP contribution in [0.4, 0.5) is 10.5 Å². The van der Waals surface area contributed by atoms with E-state index in [2.05, 4.69) is 34.4 Å². The summed E-state index contributed by atoms with van der Waals surface area (Å²) in [6, 6.07) is 9.04. The lowest BCUT2D eigenvalue weighted by atomic mass is 10.0. The van der Waals surface area contributed by atoms with Gasteiger partial charge in [-0.2, -0.15) is 0 Å². The highest BCUT2D eigenvalue weighted by Gasteiger charge is 2.32. The number of likely N-dealkylation sites (N-methyl/N-ethyl adjacent to an activating group) is 1. The maximum absolute atomic E-state index is 13.1. The molecule has 1 N–H and O–H groups in total. The van der Waals surface area contributed by atoms with Crippen molar-refractivity contribution in [2.45, 2.75) is 32.2 Å². The van der Waals surface area contributed by atoms with Crippen LogP contribution in [0, 0.1) is 0 Å². The first-order valence-electron chi connectivity index (χ1n) is 12.2. The Kier molecular flexibility index (Phi) is 7.97. The minimum Gasteiger partial charge on any atom is -0.466 e.